The number of rotatable bonds is 7. The number of hydrogen-bond donors (Lipinski definition) is 1. The summed E-state index contributed by atoms with van der Waals surface area (Å²) in [7, 11) is 1.76. The Morgan fingerprint density at radius 1 is 1.11 bits per heavy atom. The minimum absolute atomic E-state index is 0.0259. The monoisotopic (exact) mass is 495 g/mol. The minimum atomic E-state index is -0.177. The van der Waals surface area contributed by atoms with E-state index >= 15 is 0 Å². The Morgan fingerprint density at radius 2 is 1.95 bits per heavy atom. The van der Waals surface area contributed by atoms with Gasteiger partial charge in [-0.05, 0) is 67.1 Å². The van der Waals surface area contributed by atoms with Gasteiger partial charge in [0.1, 0.15) is 0 Å². The highest BCUT2D eigenvalue weighted by Gasteiger charge is 2.40. The van der Waals surface area contributed by atoms with Crippen LogP contribution in [-0.4, -0.2) is 44.1 Å². The third kappa shape index (κ3) is 4.83. The molecule has 1 amide bonds. The summed E-state index contributed by atoms with van der Waals surface area (Å²) < 4.78 is 3.83. The highest BCUT2D eigenvalue weighted by molar-refractivity contribution is 5.86. The predicted molar refractivity (Wildman–Crippen MR) is 144 cm³/mol. The summed E-state index contributed by atoms with van der Waals surface area (Å²) in [5.41, 5.74) is 4.28. The van der Waals surface area contributed by atoms with Crippen molar-refractivity contribution in [1.82, 2.24) is 24.3 Å². The number of piperidine rings is 1. The zero-order valence-electron chi connectivity index (χ0n) is 21.2. The van der Waals surface area contributed by atoms with E-state index in [1.54, 1.807) is 17.7 Å². The molecule has 1 aliphatic carbocycles. The van der Waals surface area contributed by atoms with Gasteiger partial charge in [0.15, 0.2) is 0 Å². The van der Waals surface area contributed by atoms with Crippen molar-refractivity contribution in [1.29, 1.82) is 0 Å². The second kappa shape index (κ2) is 9.98. The maximum absolute atomic E-state index is 14.1. The van der Waals surface area contributed by atoms with Gasteiger partial charge in [-0.15, -0.1) is 0 Å². The molecule has 0 bridgehead atoms. The fraction of sp³-hybridized carbons (Fsp3) is 0.367. The topological polar surface area (TPSA) is 72.2 Å². The van der Waals surface area contributed by atoms with Gasteiger partial charge in [-0.25, -0.2) is 0 Å². The molecule has 7 nitrogen and oxygen atoms in total. The fourth-order valence-corrected chi connectivity index (χ4v) is 5.73. The van der Waals surface area contributed by atoms with Crippen molar-refractivity contribution < 1.29 is 4.79 Å². The van der Waals surface area contributed by atoms with Crippen molar-refractivity contribution in [3.8, 4) is 0 Å². The van der Waals surface area contributed by atoms with E-state index in [-0.39, 0.29) is 29.3 Å². The van der Waals surface area contributed by atoms with Gasteiger partial charge in [0.05, 0.1) is 18.2 Å². The van der Waals surface area contributed by atoms with Crippen molar-refractivity contribution >= 4 is 16.8 Å². The average Bonchev–Trinajstić information content (AvgIpc) is 3.72. The third-order valence-corrected chi connectivity index (χ3v) is 7.90. The van der Waals surface area contributed by atoms with E-state index in [2.05, 4.69) is 50.2 Å². The molecular weight excluding hydrogens is 462 g/mol. The number of pyridine rings is 2. The maximum atomic E-state index is 14.1. The standard InChI is InChI=1S/C30H33N5O2/c1-33-15-12-21(16-29(33)36)25-11-14-31-17-27(25)30(37)35(24-9-10-24)19-22-18-34(20-23-6-4-5-13-32-23)28-8-3-2-7-26(22)28/h2-8,12-13,15-16,18,24-25,27,31H,9-11,14,17,19-20H2,1H3/t25?,27-/m0/s1. The van der Waals surface area contributed by atoms with E-state index in [1.165, 1.54) is 10.9 Å². The van der Waals surface area contributed by atoms with Crippen molar-refractivity contribution in [3.05, 3.63) is 100 Å². The molecule has 190 valence electrons. The van der Waals surface area contributed by atoms with Crippen molar-refractivity contribution in [3.63, 3.8) is 0 Å². The number of aryl methyl sites for hydroxylation is 1. The van der Waals surface area contributed by atoms with E-state index in [0.29, 0.717) is 19.6 Å². The number of carbonyl (C=O) groups excluding carboxylic acids is 1. The molecule has 1 unspecified atom stereocenters. The summed E-state index contributed by atoms with van der Waals surface area (Å²) in [4.78, 5) is 33.1. The van der Waals surface area contributed by atoms with E-state index in [4.69, 9.17) is 0 Å². The van der Waals surface area contributed by atoms with Crippen LogP contribution in [0.15, 0.2) is 78.0 Å². The van der Waals surface area contributed by atoms with Crippen molar-refractivity contribution in [2.24, 2.45) is 13.0 Å². The molecule has 0 spiro atoms. The molecule has 1 saturated carbocycles. The van der Waals surface area contributed by atoms with Gasteiger partial charge < -0.3 is 19.4 Å². The van der Waals surface area contributed by atoms with E-state index in [1.807, 2.05) is 36.7 Å². The molecule has 4 aromatic rings. The molecule has 4 heterocycles. The van der Waals surface area contributed by atoms with Crippen molar-refractivity contribution in [2.75, 3.05) is 13.1 Å². The van der Waals surface area contributed by atoms with Gasteiger partial charge in [-0.2, -0.15) is 0 Å². The minimum Gasteiger partial charge on any atom is -0.341 e. The number of fused-ring (bicyclic) bond motifs is 1. The lowest BCUT2D eigenvalue weighted by atomic mass is 9.80. The number of benzene rings is 1. The van der Waals surface area contributed by atoms with Crippen LogP contribution in [0.5, 0.6) is 0 Å². The van der Waals surface area contributed by atoms with Crippen LogP contribution in [0.4, 0.5) is 0 Å². The van der Waals surface area contributed by atoms with Crippen LogP contribution < -0.4 is 10.9 Å². The third-order valence-electron chi connectivity index (χ3n) is 7.90. The number of carbonyl (C=O) groups is 1. The summed E-state index contributed by atoms with van der Waals surface area (Å²) in [6.07, 6.45) is 8.79. The smallest absolute Gasteiger partial charge is 0.250 e. The first-order valence-corrected chi connectivity index (χ1v) is 13.2. The molecule has 1 N–H and O–H groups in total. The largest absolute Gasteiger partial charge is 0.341 e. The van der Waals surface area contributed by atoms with Gasteiger partial charge in [0.25, 0.3) is 5.56 Å². The van der Waals surface area contributed by atoms with Crippen LogP contribution in [0, 0.1) is 5.92 Å². The Labute approximate surface area is 216 Å². The van der Waals surface area contributed by atoms with Crippen LogP contribution >= 0.6 is 0 Å². The predicted octanol–water partition coefficient (Wildman–Crippen LogP) is 3.67. The molecule has 2 aliphatic rings. The molecular formula is C30H33N5O2. The lowest BCUT2D eigenvalue weighted by Gasteiger charge is -2.35. The second-order valence-corrected chi connectivity index (χ2v) is 10.4. The zero-order valence-corrected chi connectivity index (χ0v) is 21.2. The van der Waals surface area contributed by atoms with E-state index in [9.17, 15) is 9.59 Å². The van der Waals surface area contributed by atoms with E-state index < -0.39 is 0 Å². The molecule has 1 saturated heterocycles. The van der Waals surface area contributed by atoms with E-state index in [0.717, 1.165) is 42.6 Å². The number of aromatic nitrogens is 3. The Hall–Kier alpha value is -3.71. The normalized spacial score (nSPS) is 19.7. The molecule has 1 aliphatic heterocycles. The molecule has 0 radical (unpaired) electrons. The van der Waals surface area contributed by atoms with Crippen LogP contribution in [0.1, 0.15) is 42.0 Å². The summed E-state index contributed by atoms with van der Waals surface area (Å²) in [5, 5.41) is 4.62. The summed E-state index contributed by atoms with van der Waals surface area (Å²) in [6.45, 7) is 2.78. The Morgan fingerprint density at radius 3 is 2.73 bits per heavy atom. The zero-order chi connectivity index (χ0) is 25.4. The first-order chi connectivity index (χ1) is 18.1. The Bertz CT molecular complexity index is 1470. The quantitative estimate of drug-likeness (QED) is 0.425. The lowest BCUT2D eigenvalue weighted by Crippen LogP contribution is -2.47. The fourth-order valence-electron chi connectivity index (χ4n) is 5.73. The van der Waals surface area contributed by atoms with Crippen LogP contribution in [0.3, 0.4) is 0 Å². The van der Waals surface area contributed by atoms with Gasteiger partial charge in [-0.3, -0.25) is 14.6 Å². The first kappa shape index (κ1) is 23.7. The first-order valence-electron chi connectivity index (χ1n) is 13.2. The van der Waals surface area contributed by atoms with Gasteiger partial charge in [0, 0.05) is 61.7 Å². The molecule has 3 aromatic heterocycles. The Balaban J connectivity index is 1.30. The maximum Gasteiger partial charge on any atom is 0.250 e. The second-order valence-electron chi connectivity index (χ2n) is 10.4. The molecule has 2 atom stereocenters. The van der Waals surface area contributed by atoms with Crippen molar-refractivity contribution in [2.45, 2.75) is 44.3 Å². The number of nitrogens with one attached hydrogen (secondary N) is 1. The molecule has 2 fully saturated rings. The Kier molecular flexibility index (Phi) is 6.38. The van der Waals surface area contributed by atoms with Crippen LogP contribution in [0.25, 0.3) is 10.9 Å². The molecule has 1 aromatic carbocycles. The molecule has 6 rings (SSSR count). The lowest BCUT2D eigenvalue weighted by molar-refractivity contribution is -0.138. The summed E-state index contributed by atoms with van der Waals surface area (Å²) in [6, 6.07) is 18.4. The summed E-state index contributed by atoms with van der Waals surface area (Å²) in [5.74, 6) is 0.0691. The number of amides is 1. The van der Waals surface area contributed by atoms with Gasteiger partial charge in [0.2, 0.25) is 5.91 Å². The van der Waals surface area contributed by atoms with Gasteiger partial charge >= 0.3 is 0 Å². The SMILES string of the molecule is Cn1ccc(C2CCNC[C@@H]2C(=O)N(Cc2cn(Cc3ccccn3)c3ccccc23)C2CC2)cc1=O. The highest BCUT2D eigenvalue weighted by atomic mass is 16.2. The molecule has 7 heteroatoms. The number of nitrogens with zero attached hydrogens (tertiary/aromatic N) is 4. The number of para-hydroxylation sites is 1. The van der Waals surface area contributed by atoms with Crippen LogP contribution in [0.2, 0.25) is 0 Å². The highest BCUT2D eigenvalue weighted by Crippen LogP contribution is 2.36. The number of hydrogen-bond acceptors (Lipinski definition) is 4. The summed E-state index contributed by atoms with van der Waals surface area (Å²) >= 11 is 0. The average molecular weight is 496 g/mol. The van der Waals surface area contributed by atoms with Gasteiger partial charge in [-0.1, -0.05) is 24.3 Å². The van der Waals surface area contributed by atoms with Crippen LogP contribution in [-0.2, 0) is 24.9 Å². The molecule has 37 heavy (non-hydrogen) atoms.